The number of benzene rings is 1. The van der Waals surface area contributed by atoms with Crippen molar-refractivity contribution in [1.29, 1.82) is 0 Å². The van der Waals surface area contributed by atoms with Crippen LogP contribution >= 0.6 is 0 Å². The minimum Gasteiger partial charge on any atom is -0.461 e. The fourth-order valence-electron chi connectivity index (χ4n) is 3.43. The highest BCUT2D eigenvalue weighted by Crippen LogP contribution is 2.45. The zero-order chi connectivity index (χ0) is 18.9. The summed E-state index contributed by atoms with van der Waals surface area (Å²) in [5.74, 6) is -3.91. The Bertz CT molecular complexity index is 783. The molecular formula is C18H19NO7. The second-order valence-corrected chi connectivity index (χ2v) is 6.34. The van der Waals surface area contributed by atoms with Crippen LogP contribution < -0.4 is 0 Å². The third kappa shape index (κ3) is 3.20. The summed E-state index contributed by atoms with van der Waals surface area (Å²) in [6.07, 6.45) is 1.42. The number of nitro benzene ring substituents is 1. The largest absolute Gasteiger partial charge is 0.461 e. The van der Waals surface area contributed by atoms with Crippen LogP contribution in [0.15, 0.2) is 35.6 Å². The van der Waals surface area contributed by atoms with Crippen LogP contribution in [-0.4, -0.2) is 34.2 Å². The van der Waals surface area contributed by atoms with Gasteiger partial charge in [-0.05, 0) is 30.9 Å². The lowest BCUT2D eigenvalue weighted by Gasteiger charge is -2.39. The van der Waals surface area contributed by atoms with Crippen molar-refractivity contribution in [2.45, 2.75) is 44.3 Å². The molecule has 1 N–H and O–H groups in total. The number of non-ortho nitro benzene ring substituents is 1. The molecule has 0 amide bonds. The van der Waals surface area contributed by atoms with Crippen LogP contribution in [0.1, 0.15) is 44.1 Å². The van der Waals surface area contributed by atoms with E-state index in [0.29, 0.717) is 24.0 Å². The van der Waals surface area contributed by atoms with E-state index in [1.165, 1.54) is 12.1 Å². The Morgan fingerprint density at radius 2 is 2.08 bits per heavy atom. The van der Waals surface area contributed by atoms with Gasteiger partial charge in [-0.15, -0.1) is 0 Å². The summed E-state index contributed by atoms with van der Waals surface area (Å²) in [5, 5.41) is 21.6. The number of allylic oxidation sites excluding steroid dienone is 2. The first-order chi connectivity index (χ1) is 12.4. The molecule has 1 aliphatic carbocycles. The second-order valence-electron chi connectivity index (χ2n) is 6.34. The quantitative estimate of drug-likeness (QED) is 0.497. The van der Waals surface area contributed by atoms with Gasteiger partial charge in [-0.3, -0.25) is 14.9 Å². The predicted octanol–water partition coefficient (Wildman–Crippen LogP) is 2.36. The molecule has 3 rings (SSSR count). The van der Waals surface area contributed by atoms with Crippen LogP contribution in [0, 0.1) is 10.1 Å². The predicted molar refractivity (Wildman–Crippen MR) is 89.0 cm³/mol. The Kier molecular flexibility index (Phi) is 4.78. The first kappa shape index (κ1) is 18.1. The lowest BCUT2D eigenvalue weighted by atomic mass is 9.77. The van der Waals surface area contributed by atoms with Crippen LogP contribution in [0.2, 0.25) is 0 Å². The topological polar surface area (TPSA) is 116 Å². The van der Waals surface area contributed by atoms with E-state index in [0.717, 1.165) is 0 Å². The minimum absolute atomic E-state index is 0.0152. The number of hydrogen-bond acceptors (Lipinski definition) is 7. The van der Waals surface area contributed by atoms with Gasteiger partial charge in [-0.25, -0.2) is 4.79 Å². The van der Waals surface area contributed by atoms with E-state index in [-0.39, 0.29) is 36.7 Å². The third-order valence-corrected chi connectivity index (χ3v) is 4.67. The second kappa shape index (κ2) is 6.87. The van der Waals surface area contributed by atoms with Crippen LogP contribution in [0.25, 0.3) is 0 Å². The third-order valence-electron chi connectivity index (χ3n) is 4.67. The van der Waals surface area contributed by atoms with Crippen LogP contribution in [-0.2, 0) is 19.1 Å². The van der Waals surface area contributed by atoms with Gasteiger partial charge in [0.15, 0.2) is 11.5 Å². The number of Topliss-reactive ketones (excluding diaryl/α,β-unsaturated/α-hetero) is 1. The van der Waals surface area contributed by atoms with E-state index in [1.807, 2.05) is 0 Å². The van der Waals surface area contributed by atoms with Crippen molar-refractivity contribution in [2.24, 2.45) is 0 Å². The normalized spacial score (nSPS) is 25.3. The lowest BCUT2D eigenvalue weighted by molar-refractivity contribution is -0.384. The zero-order valence-electron chi connectivity index (χ0n) is 14.3. The summed E-state index contributed by atoms with van der Waals surface area (Å²) < 4.78 is 10.3. The van der Waals surface area contributed by atoms with Crippen molar-refractivity contribution in [2.75, 3.05) is 6.61 Å². The van der Waals surface area contributed by atoms with Crippen LogP contribution in [0.5, 0.6) is 0 Å². The van der Waals surface area contributed by atoms with Gasteiger partial charge in [-0.1, -0.05) is 12.1 Å². The molecule has 1 aromatic rings. The van der Waals surface area contributed by atoms with E-state index >= 15 is 0 Å². The summed E-state index contributed by atoms with van der Waals surface area (Å²) in [6.45, 7) is 1.67. The van der Waals surface area contributed by atoms with Gasteiger partial charge in [0.2, 0.25) is 0 Å². The molecule has 0 saturated carbocycles. The van der Waals surface area contributed by atoms with Gasteiger partial charge < -0.3 is 14.6 Å². The summed E-state index contributed by atoms with van der Waals surface area (Å²) in [6, 6.07) is 5.87. The van der Waals surface area contributed by atoms with E-state index in [2.05, 4.69) is 0 Å². The van der Waals surface area contributed by atoms with Crippen molar-refractivity contribution in [3.63, 3.8) is 0 Å². The number of carbonyl (C=O) groups is 2. The molecule has 0 aromatic heterocycles. The average molecular weight is 361 g/mol. The monoisotopic (exact) mass is 361 g/mol. The maximum absolute atomic E-state index is 12.3. The molecule has 0 unspecified atom stereocenters. The molecule has 0 spiro atoms. The van der Waals surface area contributed by atoms with Crippen LogP contribution in [0.4, 0.5) is 5.69 Å². The molecule has 1 heterocycles. The fraction of sp³-hybridized carbons (Fsp3) is 0.444. The average Bonchev–Trinajstić information content (AvgIpc) is 2.62. The fourth-order valence-corrected chi connectivity index (χ4v) is 3.43. The molecule has 0 fully saturated rings. The molecule has 8 heteroatoms. The van der Waals surface area contributed by atoms with Gasteiger partial charge in [-0.2, -0.15) is 0 Å². The van der Waals surface area contributed by atoms with E-state index in [4.69, 9.17) is 9.47 Å². The number of hydrogen-bond donors (Lipinski definition) is 1. The van der Waals surface area contributed by atoms with Gasteiger partial charge in [0.25, 0.3) is 5.69 Å². The molecule has 0 saturated heterocycles. The number of nitrogens with zero attached hydrogens (tertiary/aromatic N) is 1. The molecule has 0 radical (unpaired) electrons. The molecule has 2 aliphatic rings. The number of ether oxygens (including phenoxy) is 2. The highest BCUT2D eigenvalue weighted by atomic mass is 16.7. The summed E-state index contributed by atoms with van der Waals surface area (Å²) >= 11 is 0. The van der Waals surface area contributed by atoms with Crippen molar-refractivity contribution in [3.8, 4) is 0 Å². The Hall–Kier alpha value is -2.74. The Morgan fingerprint density at radius 1 is 1.38 bits per heavy atom. The van der Waals surface area contributed by atoms with Gasteiger partial charge in [0.05, 0.1) is 11.5 Å². The van der Waals surface area contributed by atoms with Crippen molar-refractivity contribution in [1.82, 2.24) is 0 Å². The van der Waals surface area contributed by atoms with E-state index in [9.17, 15) is 24.8 Å². The summed E-state index contributed by atoms with van der Waals surface area (Å²) in [7, 11) is 0. The van der Waals surface area contributed by atoms with Crippen molar-refractivity contribution in [3.05, 3.63) is 51.3 Å². The highest BCUT2D eigenvalue weighted by molar-refractivity contribution is 5.96. The summed E-state index contributed by atoms with van der Waals surface area (Å²) in [4.78, 5) is 34.8. The Morgan fingerprint density at radius 3 is 2.69 bits per heavy atom. The van der Waals surface area contributed by atoms with E-state index in [1.54, 1.807) is 19.1 Å². The molecule has 1 aliphatic heterocycles. The zero-order valence-corrected chi connectivity index (χ0v) is 14.3. The van der Waals surface area contributed by atoms with E-state index < -0.39 is 22.6 Å². The minimum atomic E-state index is -2.26. The Balaban J connectivity index is 2.03. The SMILES string of the molecule is CCOC(=O)[C@@]1(O)C[C@@H](c2ccc([N+](=O)[O-])cc2)C2=C(O1)C(=O)CCC2. The number of nitro groups is 1. The molecule has 2 atom stereocenters. The number of ketones is 1. The molecule has 0 bridgehead atoms. The molecule has 1 aromatic carbocycles. The number of carbonyl (C=O) groups excluding carboxylic acids is 2. The molecule has 138 valence electrons. The summed E-state index contributed by atoms with van der Waals surface area (Å²) in [5.41, 5.74) is 1.32. The maximum Gasteiger partial charge on any atom is 0.379 e. The standard InChI is InChI=1S/C18H19NO7/c1-2-25-17(21)18(22)10-14(11-6-8-12(9-7-11)19(23)24)13-4-3-5-15(20)16(13)26-18/h6-9,14,22H,2-5,10H2,1H3/t14-,18+/m0/s1. The van der Waals surface area contributed by atoms with Gasteiger partial charge >= 0.3 is 11.8 Å². The molecular weight excluding hydrogens is 342 g/mol. The van der Waals surface area contributed by atoms with Gasteiger partial charge in [0, 0.05) is 30.9 Å². The van der Waals surface area contributed by atoms with Crippen molar-refractivity contribution < 1.29 is 29.1 Å². The van der Waals surface area contributed by atoms with Gasteiger partial charge in [0.1, 0.15) is 0 Å². The number of rotatable bonds is 4. The molecule has 26 heavy (non-hydrogen) atoms. The number of aliphatic hydroxyl groups is 1. The lowest BCUT2D eigenvalue weighted by Crippen LogP contribution is -2.48. The first-order valence-corrected chi connectivity index (χ1v) is 8.45. The Labute approximate surface area is 149 Å². The van der Waals surface area contributed by atoms with Crippen LogP contribution in [0.3, 0.4) is 0 Å². The highest BCUT2D eigenvalue weighted by Gasteiger charge is 2.50. The molecule has 8 nitrogen and oxygen atoms in total. The smallest absolute Gasteiger partial charge is 0.379 e. The first-order valence-electron chi connectivity index (χ1n) is 8.45. The maximum atomic E-state index is 12.3. The number of esters is 1. The van der Waals surface area contributed by atoms with Crippen molar-refractivity contribution >= 4 is 17.4 Å².